The molecule has 0 radical (unpaired) electrons. The Morgan fingerprint density at radius 1 is 1.26 bits per heavy atom. The van der Waals surface area contributed by atoms with Crippen molar-refractivity contribution in [3.8, 4) is 5.69 Å². The number of rotatable bonds is 4. The third-order valence-corrected chi connectivity index (χ3v) is 6.28. The molecule has 2 aliphatic rings. The molecule has 1 amide bonds. The molecule has 1 aromatic carbocycles. The first-order chi connectivity index (χ1) is 12.6. The van der Waals surface area contributed by atoms with Crippen LogP contribution in [0.5, 0.6) is 0 Å². The highest BCUT2D eigenvalue weighted by molar-refractivity contribution is 5.85. The minimum absolute atomic E-state index is 0. The third kappa shape index (κ3) is 4.19. The standard InChI is InChI=1S/C21H28N4O.ClH/c1-14(15-5-3-8-19(13-15)25-10-4-9-23-25)24-21(26)18-11-16-6-2-7-17(12-18)20(16)22;/h3-5,8-10,13-14,16-18,20H,2,6-7,11-12,22H2,1H3,(H,24,26);1H. The Balaban J connectivity index is 0.00000210. The lowest BCUT2D eigenvalue weighted by molar-refractivity contribution is -0.128. The fourth-order valence-electron chi connectivity index (χ4n) is 4.78. The van der Waals surface area contributed by atoms with Crippen molar-refractivity contribution in [1.82, 2.24) is 15.1 Å². The van der Waals surface area contributed by atoms with E-state index in [9.17, 15) is 4.79 Å². The van der Waals surface area contributed by atoms with Crippen molar-refractivity contribution < 1.29 is 4.79 Å². The molecule has 3 N–H and O–H groups in total. The van der Waals surface area contributed by atoms with E-state index in [0.717, 1.165) is 24.1 Å². The minimum Gasteiger partial charge on any atom is -0.349 e. The summed E-state index contributed by atoms with van der Waals surface area (Å²) in [4.78, 5) is 12.9. The molecule has 3 unspecified atom stereocenters. The van der Waals surface area contributed by atoms with Gasteiger partial charge < -0.3 is 11.1 Å². The second-order valence-corrected chi connectivity index (χ2v) is 7.97. The van der Waals surface area contributed by atoms with Gasteiger partial charge in [0.15, 0.2) is 0 Å². The lowest BCUT2D eigenvalue weighted by Crippen LogP contribution is -2.49. The average molecular weight is 389 g/mol. The van der Waals surface area contributed by atoms with Gasteiger partial charge in [-0.2, -0.15) is 5.10 Å². The lowest BCUT2D eigenvalue weighted by Gasteiger charge is -2.43. The zero-order valence-electron chi connectivity index (χ0n) is 15.8. The summed E-state index contributed by atoms with van der Waals surface area (Å²) in [6, 6.07) is 10.4. The Kier molecular flexibility index (Phi) is 6.22. The molecule has 0 aliphatic heterocycles. The van der Waals surface area contributed by atoms with E-state index in [-0.39, 0.29) is 30.3 Å². The lowest BCUT2D eigenvalue weighted by atomic mass is 9.65. The smallest absolute Gasteiger partial charge is 0.223 e. The number of carbonyl (C=O) groups excluding carboxylic acids is 1. The summed E-state index contributed by atoms with van der Waals surface area (Å²) in [5.41, 5.74) is 8.46. The molecular formula is C21H29ClN4O. The molecule has 1 aromatic heterocycles. The molecular weight excluding hydrogens is 360 g/mol. The molecule has 2 aliphatic carbocycles. The Morgan fingerprint density at radius 2 is 2.00 bits per heavy atom. The van der Waals surface area contributed by atoms with Crippen LogP contribution >= 0.6 is 12.4 Å². The number of amides is 1. The van der Waals surface area contributed by atoms with Crippen LogP contribution < -0.4 is 11.1 Å². The predicted octanol–water partition coefficient (Wildman–Crippen LogP) is 3.62. The summed E-state index contributed by atoms with van der Waals surface area (Å²) < 4.78 is 1.84. The van der Waals surface area contributed by atoms with Gasteiger partial charge in [-0.05, 0) is 68.2 Å². The number of carbonyl (C=O) groups is 1. The van der Waals surface area contributed by atoms with Gasteiger partial charge in [-0.15, -0.1) is 12.4 Å². The van der Waals surface area contributed by atoms with Gasteiger partial charge in [0.2, 0.25) is 5.91 Å². The molecule has 6 heteroatoms. The van der Waals surface area contributed by atoms with Gasteiger partial charge in [-0.3, -0.25) is 4.79 Å². The summed E-state index contributed by atoms with van der Waals surface area (Å²) in [5.74, 6) is 1.35. The number of aromatic nitrogens is 2. The molecule has 2 bridgehead atoms. The Hall–Kier alpha value is -1.85. The van der Waals surface area contributed by atoms with Crippen LogP contribution in [0.15, 0.2) is 42.7 Å². The molecule has 146 valence electrons. The first-order valence-electron chi connectivity index (χ1n) is 9.78. The van der Waals surface area contributed by atoms with Crippen LogP contribution in [0.4, 0.5) is 0 Å². The Bertz CT molecular complexity index is 749. The largest absolute Gasteiger partial charge is 0.349 e. The number of hydrogen-bond donors (Lipinski definition) is 2. The maximum Gasteiger partial charge on any atom is 0.223 e. The zero-order valence-corrected chi connectivity index (χ0v) is 16.6. The van der Waals surface area contributed by atoms with E-state index >= 15 is 0 Å². The predicted molar refractivity (Wildman–Crippen MR) is 109 cm³/mol. The number of nitrogens with one attached hydrogen (secondary N) is 1. The summed E-state index contributed by atoms with van der Waals surface area (Å²) in [5, 5.41) is 7.51. The maximum atomic E-state index is 12.9. The molecule has 3 atom stereocenters. The number of nitrogens with zero attached hydrogens (tertiary/aromatic N) is 2. The average Bonchev–Trinajstić information content (AvgIpc) is 3.16. The van der Waals surface area contributed by atoms with Crippen molar-refractivity contribution >= 4 is 18.3 Å². The van der Waals surface area contributed by atoms with E-state index in [4.69, 9.17) is 5.73 Å². The van der Waals surface area contributed by atoms with E-state index in [1.165, 1.54) is 19.3 Å². The first kappa shape index (κ1) is 19.9. The third-order valence-electron chi connectivity index (χ3n) is 6.28. The second kappa shape index (κ2) is 8.44. The van der Waals surface area contributed by atoms with Gasteiger partial charge in [-0.25, -0.2) is 4.68 Å². The Morgan fingerprint density at radius 3 is 2.67 bits per heavy atom. The molecule has 27 heavy (non-hydrogen) atoms. The summed E-state index contributed by atoms with van der Waals surface area (Å²) >= 11 is 0. The molecule has 0 saturated heterocycles. The van der Waals surface area contributed by atoms with Gasteiger partial charge in [0.1, 0.15) is 0 Å². The SMILES string of the molecule is CC(NC(=O)C1CC2CCCC(C1)C2N)c1cccc(-n2cccn2)c1.Cl. The number of nitrogens with two attached hydrogens (primary N) is 1. The summed E-state index contributed by atoms with van der Waals surface area (Å²) in [6.07, 6.45) is 9.22. The molecule has 2 aromatic rings. The highest BCUT2D eigenvalue weighted by Gasteiger charge is 2.40. The highest BCUT2D eigenvalue weighted by atomic mass is 35.5. The van der Waals surface area contributed by atoms with Gasteiger partial charge in [-0.1, -0.05) is 18.6 Å². The van der Waals surface area contributed by atoms with Crippen LogP contribution in [0.1, 0.15) is 50.6 Å². The van der Waals surface area contributed by atoms with Gasteiger partial charge >= 0.3 is 0 Å². The van der Waals surface area contributed by atoms with Crippen molar-refractivity contribution in [3.63, 3.8) is 0 Å². The molecule has 1 heterocycles. The van der Waals surface area contributed by atoms with Crippen LogP contribution in [0.3, 0.4) is 0 Å². The number of fused-ring (bicyclic) bond motifs is 2. The molecule has 2 saturated carbocycles. The van der Waals surface area contributed by atoms with Crippen molar-refractivity contribution in [2.24, 2.45) is 23.5 Å². The van der Waals surface area contributed by atoms with Crippen molar-refractivity contribution in [3.05, 3.63) is 48.3 Å². The van der Waals surface area contributed by atoms with E-state index in [0.29, 0.717) is 17.9 Å². The van der Waals surface area contributed by atoms with E-state index in [1.54, 1.807) is 6.20 Å². The van der Waals surface area contributed by atoms with Gasteiger partial charge in [0, 0.05) is 24.4 Å². The van der Waals surface area contributed by atoms with Crippen molar-refractivity contribution in [1.29, 1.82) is 0 Å². The van der Waals surface area contributed by atoms with E-state index in [2.05, 4.69) is 29.5 Å². The maximum absolute atomic E-state index is 12.9. The molecule has 5 nitrogen and oxygen atoms in total. The van der Waals surface area contributed by atoms with Crippen LogP contribution in [0, 0.1) is 17.8 Å². The van der Waals surface area contributed by atoms with Crippen LogP contribution in [0.2, 0.25) is 0 Å². The van der Waals surface area contributed by atoms with Crippen LogP contribution in [0.25, 0.3) is 5.69 Å². The summed E-state index contributed by atoms with van der Waals surface area (Å²) in [6.45, 7) is 2.05. The minimum atomic E-state index is -0.0200. The van der Waals surface area contributed by atoms with E-state index < -0.39 is 0 Å². The number of hydrogen-bond acceptors (Lipinski definition) is 3. The topological polar surface area (TPSA) is 72.9 Å². The van der Waals surface area contributed by atoms with Crippen molar-refractivity contribution in [2.45, 2.75) is 51.1 Å². The first-order valence-corrected chi connectivity index (χ1v) is 9.78. The van der Waals surface area contributed by atoms with Crippen LogP contribution in [-0.4, -0.2) is 21.7 Å². The zero-order chi connectivity index (χ0) is 18.1. The quantitative estimate of drug-likeness (QED) is 0.840. The molecule has 0 spiro atoms. The summed E-state index contributed by atoms with van der Waals surface area (Å²) in [7, 11) is 0. The normalized spacial score (nSPS) is 28.1. The molecule has 4 rings (SSSR count). The van der Waals surface area contributed by atoms with E-state index in [1.807, 2.05) is 29.1 Å². The highest BCUT2D eigenvalue weighted by Crippen LogP contribution is 2.42. The number of benzene rings is 1. The fraction of sp³-hybridized carbons (Fsp3) is 0.524. The Labute approximate surface area is 167 Å². The monoisotopic (exact) mass is 388 g/mol. The fourth-order valence-corrected chi connectivity index (χ4v) is 4.78. The second-order valence-electron chi connectivity index (χ2n) is 7.97. The van der Waals surface area contributed by atoms with Crippen molar-refractivity contribution in [2.75, 3.05) is 0 Å². The number of halogens is 1. The van der Waals surface area contributed by atoms with Gasteiger partial charge in [0.05, 0.1) is 11.7 Å². The van der Waals surface area contributed by atoms with Crippen LogP contribution in [-0.2, 0) is 4.79 Å². The van der Waals surface area contributed by atoms with Gasteiger partial charge in [0.25, 0.3) is 0 Å². The molecule has 2 fully saturated rings.